The molecule has 0 bridgehead atoms. The fraction of sp³-hybridized carbons (Fsp3) is 0.500. The average molecular weight is 217 g/mol. The predicted molar refractivity (Wildman–Crippen MR) is 66.9 cm³/mol. The van der Waals surface area contributed by atoms with E-state index in [2.05, 4.69) is 49.7 Å². The van der Waals surface area contributed by atoms with Crippen LogP contribution >= 0.6 is 0 Å². The van der Waals surface area contributed by atoms with Crippen LogP contribution in [0.4, 0.5) is 5.82 Å². The molecule has 2 rings (SSSR count). The van der Waals surface area contributed by atoms with Gasteiger partial charge in [-0.15, -0.1) is 0 Å². The minimum Gasteiger partial charge on any atom is -0.287 e. The third kappa shape index (κ3) is 2.26. The molecule has 0 amide bonds. The Hall–Kier alpha value is -1.31. The molecule has 1 aromatic rings. The fourth-order valence-corrected chi connectivity index (χ4v) is 2.09. The number of pyridine rings is 1. The molecule has 0 atom stereocenters. The molecule has 0 unspecified atom stereocenters. The van der Waals surface area contributed by atoms with Crippen LogP contribution in [0, 0.1) is 5.41 Å². The molecule has 2 nitrogen and oxygen atoms in total. The molecule has 0 saturated carbocycles. The van der Waals surface area contributed by atoms with E-state index in [1.54, 1.807) is 5.57 Å². The summed E-state index contributed by atoms with van der Waals surface area (Å²) in [6.45, 7) is 7.69. The first-order chi connectivity index (χ1) is 7.53. The van der Waals surface area contributed by atoms with E-state index >= 15 is 0 Å². The van der Waals surface area contributed by atoms with Crippen molar-refractivity contribution in [2.75, 3.05) is 5.73 Å². The minimum atomic E-state index is 0.243. The highest BCUT2D eigenvalue weighted by molar-refractivity contribution is 5.29. The zero-order chi connectivity index (χ0) is 11.8. The van der Waals surface area contributed by atoms with E-state index in [-0.39, 0.29) is 5.41 Å². The maximum Gasteiger partial charge on any atom is 0.272 e. The fourth-order valence-electron chi connectivity index (χ4n) is 2.09. The van der Waals surface area contributed by atoms with Crippen molar-refractivity contribution in [2.24, 2.45) is 5.41 Å². The summed E-state index contributed by atoms with van der Waals surface area (Å²) in [6.07, 6.45) is 6.64. The lowest BCUT2D eigenvalue weighted by Gasteiger charge is -2.20. The quantitative estimate of drug-likeness (QED) is 0.609. The highest BCUT2D eigenvalue weighted by Crippen LogP contribution is 2.38. The van der Waals surface area contributed by atoms with Gasteiger partial charge in [0.05, 0.1) is 12.7 Å². The topological polar surface area (TPSA) is 29.9 Å². The molecular weight excluding hydrogens is 196 g/mol. The molecule has 0 saturated heterocycles. The first-order valence-electron chi connectivity index (χ1n) is 6.00. The van der Waals surface area contributed by atoms with Gasteiger partial charge in [0.1, 0.15) is 0 Å². The van der Waals surface area contributed by atoms with Gasteiger partial charge in [-0.3, -0.25) is 5.73 Å². The summed E-state index contributed by atoms with van der Waals surface area (Å²) in [5.41, 5.74) is 9.17. The molecule has 0 spiro atoms. The van der Waals surface area contributed by atoms with Gasteiger partial charge in [-0.1, -0.05) is 32.4 Å². The van der Waals surface area contributed by atoms with Crippen molar-refractivity contribution in [3.05, 3.63) is 35.5 Å². The van der Waals surface area contributed by atoms with Crippen LogP contribution in [0.1, 0.15) is 32.8 Å². The first-order valence-corrected chi connectivity index (χ1v) is 6.00. The summed E-state index contributed by atoms with van der Waals surface area (Å²) in [4.78, 5) is 0. The van der Waals surface area contributed by atoms with Crippen LogP contribution in [0.25, 0.3) is 0 Å². The number of aromatic nitrogens is 1. The van der Waals surface area contributed by atoms with Crippen molar-refractivity contribution in [1.29, 1.82) is 0 Å². The first kappa shape index (κ1) is 11.2. The number of rotatable bonds is 4. The Bertz CT molecular complexity index is 430. The molecule has 2 N–H and O–H groups in total. The highest BCUT2D eigenvalue weighted by atomic mass is 15.0. The van der Waals surface area contributed by atoms with E-state index in [0.717, 1.165) is 18.8 Å². The van der Waals surface area contributed by atoms with Gasteiger partial charge < -0.3 is 0 Å². The van der Waals surface area contributed by atoms with Crippen molar-refractivity contribution >= 4 is 5.82 Å². The summed E-state index contributed by atoms with van der Waals surface area (Å²) in [5, 5.41) is 0. The van der Waals surface area contributed by atoms with Crippen molar-refractivity contribution < 1.29 is 4.57 Å². The lowest BCUT2D eigenvalue weighted by atomic mass is 9.89. The number of hydrogen-bond donors (Lipinski definition) is 1. The molecule has 0 radical (unpaired) electrons. The standard InChI is InChI=1S/C14H20N2/c1-4-11-7-8-16(13(15)9-11)10-14(2,3)12-5-6-12/h5,7-9,15H,4,6,10H2,1-3H3/p+1. The zero-order valence-corrected chi connectivity index (χ0v) is 10.5. The lowest BCUT2D eigenvalue weighted by molar-refractivity contribution is -0.693. The van der Waals surface area contributed by atoms with Crippen molar-refractivity contribution in [1.82, 2.24) is 0 Å². The Morgan fingerprint density at radius 2 is 2.12 bits per heavy atom. The highest BCUT2D eigenvalue weighted by Gasteiger charge is 2.31. The van der Waals surface area contributed by atoms with Gasteiger partial charge in [0.15, 0.2) is 0 Å². The normalized spacial score (nSPS) is 14.8. The SMILES string of the molecule is CCc1cc[n+](CC(C)(C)C2=CC2)c(N)c1. The Labute approximate surface area is 97.8 Å². The second kappa shape index (κ2) is 3.93. The second-order valence-electron chi connectivity index (χ2n) is 5.26. The number of nitrogen functional groups attached to an aromatic ring is 1. The summed E-state index contributed by atoms with van der Waals surface area (Å²) < 4.78 is 2.15. The van der Waals surface area contributed by atoms with E-state index in [0.29, 0.717) is 0 Å². The Kier molecular flexibility index (Phi) is 2.75. The largest absolute Gasteiger partial charge is 0.287 e. The van der Waals surface area contributed by atoms with E-state index in [9.17, 15) is 0 Å². The third-order valence-electron chi connectivity index (χ3n) is 3.38. The van der Waals surface area contributed by atoms with Crippen LogP contribution in [0.5, 0.6) is 0 Å². The molecule has 1 aliphatic carbocycles. The van der Waals surface area contributed by atoms with E-state index in [4.69, 9.17) is 5.73 Å². The molecule has 1 aromatic heterocycles. The van der Waals surface area contributed by atoms with Crippen LogP contribution in [-0.2, 0) is 13.0 Å². The van der Waals surface area contributed by atoms with Gasteiger partial charge in [-0.25, -0.2) is 4.57 Å². The summed E-state index contributed by atoms with van der Waals surface area (Å²) in [6, 6.07) is 4.24. The van der Waals surface area contributed by atoms with E-state index < -0.39 is 0 Å². The van der Waals surface area contributed by atoms with E-state index in [1.165, 1.54) is 12.0 Å². The van der Waals surface area contributed by atoms with Crippen molar-refractivity contribution in [2.45, 2.75) is 40.2 Å². The molecule has 0 aromatic carbocycles. The number of aryl methyl sites for hydroxylation is 1. The summed E-state index contributed by atoms with van der Waals surface area (Å²) in [7, 11) is 0. The number of nitrogens with zero attached hydrogens (tertiary/aromatic N) is 1. The van der Waals surface area contributed by atoms with Crippen LogP contribution < -0.4 is 10.3 Å². The number of allylic oxidation sites excluding steroid dienone is 2. The third-order valence-corrected chi connectivity index (χ3v) is 3.38. The van der Waals surface area contributed by atoms with Gasteiger partial charge in [-0.2, -0.15) is 0 Å². The maximum absolute atomic E-state index is 6.07. The molecule has 2 heteroatoms. The Morgan fingerprint density at radius 3 is 2.62 bits per heavy atom. The van der Waals surface area contributed by atoms with Gasteiger partial charge in [0.25, 0.3) is 5.82 Å². The zero-order valence-electron chi connectivity index (χ0n) is 10.5. The van der Waals surface area contributed by atoms with Crippen molar-refractivity contribution in [3.8, 4) is 0 Å². The van der Waals surface area contributed by atoms with Crippen LogP contribution in [-0.4, -0.2) is 0 Å². The molecule has 0 fully saturated rings. The van der Waals surface area contributed by atoms with Crippen LogP contribution in [0.3, 0.4) is 0 Å². The van der Waals surface area contributed by atoms with Crippen LogP contribution in [0.2, 0.25) is 0 Å². The predicted octanol–water partition coefficient (Wildman–Crippen LogP) is 2.48. The number of nitrogens with two attached hydrogens (primary N) is 1. The molecule has 1 aliphatic rings. The van der Waals surface area contributed by atoms with Gasteiger partial charge in [0.2, 0.25) is 0 Å². The smallest absolute Gasteiger partial charge is 0.272 e. The molecule has 86 valence electrons. The molecule has 16 heavy (non-hydrogen) atoms. The lowest BCUT2D eigenvalue weighted by Crippen LogP contribution is -2.43. The number of anilines is 1. The monoisotopic (exact) mass is 217 g/mol. The second-order valence-corrected chi connectivity index (χ2v) is 5.26. The van der Waals surface area contributed by atoms with Gasteiger partial charge >= 0.3 is 0 Å². The van der Waals surface area contributed by atoms with Crippen LogP contribution in [0.15, 0.2) is 30.0 Å². The maximum atomic E-state index is 6.07. The van der Waals surface area contributed by atoms with Gasteiger partial charge in [-0.05, 0) is 24.5 Å². The van der Waals surface area contributed by atoms with E-state index in [1.807, 2.05) is 0 Å². The average Bonchev–Trinajstić information content (AvgIpc) is 3.04. The minimum absolute atomic E-state index is 0.243. The molecular formula is C14H21N2+. The number of hydrogen-bond acceptors (Lipinski definition) is 1. The Morgan fingerprint density at radius 1 is 1.44 bits per heavy atom. The molecule has 0 aliphatic heterocycles. The Balaban J connectivity index is 2.18. The summed E-state index contributed by atoms with van der Waals surface area (Å²) >= 11 is 0. The molecule has 1 heterocycles. The summed E-state index contributed by atoms with van der Waals surface area (Å²) in [5.74, 6) is 0.869. The van der Waals surface area contributed by atoms with Crippen molar-refractivity contribution in [3.63, 3.8) is 0 Å². The van der Waals surface area contributed by atoms with Gasteiger partial charge in [0, 0.05) is 11.5 Å².